The Bertz CT molecular complexity index is 375. The zero-order valence-electron chi connectivity index (χ0n) is 11.3. The maximum absolute atomic E-state index is 10.3. The average molecular weight is 250 g/mol. The van der Waals surface area contributed by atoms with E-state index in [-0.39, 0.29) is 12.0 Å². The molecule has 1 aliphatic rings. The van der Waals surface area contributed by atoms with Crippen LogP contribution in [0, 0.1) is 0 Å². The number of hydrogen-bond acceptors (Lipinski definition) is 3. The van der Waals surface area contributed by atoms with E-state index >= 15 is 0 Å². The van der Waals surface area contributed by atoms with Gasteiger partial charge in [0.1, 0.15) is 0 Å². The minimum atomic E-state index is -0.550. The fourth-order valence-electron chi connectivity index (χ4n) is 2.51. The van der Waals surface area contributed by atoms with Gasteiger partial charge in [0.2, 0.25) is 0 Å². The van der Waals surface area contributed by atoms with Crippen LogP contribution in [0.15, 0.2) is 30.3 Å². The molecule has 1 N–H and O–H groups in total. The van der Waals surface area contributed by atoms with Crippen LogP contribution in [-0.2, 0) is 9.47 Å². The number of aliphatic hydroxyl groups is 1. The van der Waals surface area contributed by atoms with E-state index in [2.05, 4.69) is 0 Å². The molecule has 18 heavy (non-hydrogen) atoms. The van der Waals surface area contributed by atoms with E-state index in [0.717, 1.165) is 5.56 Å². The van der Waals surface area contributed by atoms with Crippen molar-refractivity contribution in [3.63, 3.8) is 0 Å². The Morgan fingerprint density at radius 2 is 2.00 bits per heavy atom. The van der Waals surface area contributed by atoms with E-state index in [4.69, 9.17) is 9.47 Å². The van der Waals surface area contributed by atoms with E-state index in [9.17, 15) is 5.11 Å². The first-order chi connectivity index (χ1) is 8.53. The Kier molecular flexibility index (Phi) is 4.05. The lowest BCUT2D eigenvalue weighted by Crippen LogP contribution is -2.32. The molecule has 0 spiro atoms. The summed E-state index contributed by atoms with van der Waals surface area (Å²) in [6, 6.07) is 10.0. The van der Waals surface area contributed by atoms with Crippen LogP contribution >= 0.6 is 0 Å². The van der Waals surface area contributed by atoms with Gasteiger partial charge in [-0.3, -0.25) is 0 Å². The van der Waals surface area contributed by atoms with Crippen LogP contribution in [0.5, 0.6) is 0 Å². The van der Waals surface area contributed by atoms with Gasteiger partial charge in [0.25, 0.3) is 0 Å². The van der Waals surface area contributed by atoms with Crippen LogP contribution in [0.25, 0.3) is 0 Å². The van der Waals surface area contributed by atoms with Crippen molar-refractivity contribution in [2.75, 3.05) is 6.61 Å². The van der Waals surface area contributed by atoms with Crippen molar-refractivity contribution >= 4 is 0 Å². The minimum Gasteiger partial charge on any atom is -0.392 e. The predicted molar refractivity (Wildman–Crippen MR) is 70.4 cm³/mol. The van der Waals surface area contributed by atoms with E-state index < -0.39 is 11.9 Å². The van der Waals surface area contributed by atoms with Gasteiger partial charge < -0.3 is 14.6 Å². The number of benzene rings is 1. The van der Waals surface area contributed by atoms with Gasteiger partial charge in [-0.25, -0.2) is 0 Å². The quantitative estimate of drug-likeness (QED) is 0.893. The molecule has 3 heteroatoms. The summed E-state index contributed by atoms with van der Waals surface area (Å²) in [5, 5.41) is 10.3. The molecule has 1 fully saturated rings. The summed E-state index contributed by atoms with van der Waals surface area (Å²) in [6.07, 6.45) is 0.215. The van der Waals surface area contributed by atoms with E-state index in [0.29, 0.717) is 13.0 Å². The molecule has 1 saturated heterocycles. The second kappa shape index (κ2) is 5.39. The number of rotatable bonds is 4. The molecule has 0 radical (unpaired) electrons. The molecule has 0 bridgehead atoms. The molecule has 1 aromatic rings. The van der Waals surface area contributed by atoms with Crippen LogP contribution in [-0.4, -0.2) is 29.7 Å². The third-order valence-electron chi connectivity index (χ3n) is 3.45. The highest BCUT2D eigenvalue weighted by atomic mass is 16.7. The molecule has 100 valence electrons. The molecular formula is C15H22O3. The molecular weight excluding hydrogens is 228 g/mol. The largest absolute Gasteiger partial charge is 0.392 e. The number of hydrogen-bond donors (Lipinski definition) is 1. The van der Waals surface area contributed by atoms with Crippen molar-refractivity contribution < 1.29 is 14.6 Å². The normalized spacial score (nSPS) is 25.9. The second-order valence-corrected chi connectivity index (χ2v) is 5.28. The Labute approximate surface area is 109 Å². The van der Waals surface area contributed by atoms with Gasteiger partial charge >= 0.3 is 0 Å². The van der Waals surface area contributed by atoms with E-state index in [1.165, 1.54) is 0 Å². The Hall–Kier alpha value is -0.900. The fourth-order valence-corrected chi connectivity index (χ4v) is 2.51. The summed E-state index contributed by atoms with van der Waals surface area (Å²) in [4.78, 5) is 0. The SMILES string of the molecule is CC[C@H](O)[C@@H](c1ccccc1)[C@H]1COC(C)(C)O1. The number of ether oxygens (including phenoxy) is 2. The summed E-state index contributed by atoms with van der Waals surface area (Å²) >= 11 is 0. The highest BCUT2D eigenvalue weighted by Crippen LogP contribution is 2.35. The number of aliphatic hydroxyl groups excluding tert-OH is 1. The topological polar surface area (TPSA) is 38.7 Å². The first-order valence-electron chi connectivity index (χ1n) is 6.58. The van der Waals surface area contributed by atoms with E-state index in [1.807, 2.05) is 51.1 Å². The third kappa shape index (κ3) is 2.91. The summed E-state index contributed by atoms with van der Waals surface area (Å²) in [5.74, 6) is -0.580. The van der Waals surface area contributed by atoms with Crippen LogP contribution < -0.4 is 0 Å². The standard InChI is InChI=1S/C15H22O3/c1-4-12(16)14(11-8-6-5-7-9-11)13-10-17-15(2,3)18-13/h5-9,12-14,16H,4,10H2,1-3H3/t12-,13+,14+/m0/s1. The molecule has 1 aliphatic heterocycles. The maximum atomic E-state index is 10.3. The molecule has 1 heterocycles. The predicted octanol–water partition coefficient (Wildman–Crippen LogP) is 2.69. The molecule has 1 aromatic carbocycles. The fraction of sp³-hybridized carbons (Fsp3) is 0.600. The first-order valence-corrected chi connectivity index (χ1v) is 6.58. The van der Waals surface area contributed by atoms with Crippen LogP contribution in [0.1, 0.15) is 38.7 Å². The smallest absolute Gasteiger partial charge is 0.163 e. The highest BCUT2D eigenvalue weighted by Gasteiger charge is 2.40. The van der Waals surface area contributed by atoms with Crippen LogP contribution in [0.2, 0.25) is 0 Å². The lowest BCUT2D eigenvalue weighted by Gasteiger charge is -2.28. The molecule has 0 unspecified atom stereocenters. The molecule has 2 rings (SSSR count). The zero-order valence-corrected chi connectivity index (χ0v) is 11.3. The lowest BCUT2D eigenvalue weighted by atomic mass is 9.87. The molecule has 3 nitrogen and oxygen atoms in total. The average Bonchev–Trinajstić information content (AvgIpc) is 2.71. The highest BCUT2D eigenvalue weighted by molar-refractivity contribution is 5.22. The van der Waals surface area contributed by atoms with Gasteiger partial charge in [0.15, 0.2) is 5.79 Å². The summed E-state index contributed by atoms with van der Waals surface area (Å²) < 4.78 is 11.5. The van der Waals surface area contributed by atoms with Gasteiger partial charge in [-0.1, -0.05) is 37.3 Å². The molecule has 3 atom stereocenters. The monoisotopic (exact) mass is 250 g/mol. The summed E-state index contributed by atoms with van der Waals surface area (Å²) in [6.45, 7) is 6.34. The van der Waals surface area contributed by atoms with Crippen molar-refractivity contribution in [3.8, 4) is 0 Å². The van der Waals surface area contributed by atoms with Gasteiger partial charge in [-0.2, -0.15) is 0 Å². The second-order valence-electron chi connectivity index (χ2n) is 5.28. The lowest BCUT2D eigenvalue weighted by molar-refractivity contribution is -0.144. The van der Waals surface area contributed by atoms with Crippen molar-refractivity contribution in [2.24, 2.45) is 0 Å². The van der Waals surface area contributed by atoms with Crippen molar-refractivity contribution in [1.29, 1.82) is 0 Å². The minimum absolute atomic E-state index is 0.0297. The van der Waals surface area contributed by atoms with Gasteiger partial charge in [0.05, 0.1) is 18.8 Å². The van der Waals surface area contributed by atoms with Gasteiger partial charge in [-0.15, -0.1) is 0 Å². The molecule has 0 aliphatic carbocycles. The third-order valence-corrected chi connectivity index (χ3v) is 3.45. The molecule has 0 amide bonds. The Morgan fingerprint density at radius 3 is 2.50 bits per heavy atom. The first kappa shape index (κ1) is 13.5. The zero-order chi connectivity index (χ0) is 13.2. The summed E-state index contributed by atoms with van der Waals surface area (Å²) in [7, 11) is 0. The van der Waals surface area contributed by atoms with E-state index in [1.54, 1.807) is 0 Å². The Balaban J connectivity index is 2.22. The molecule has 0 saturated carbocycles. The van der Waals surface area contributed by atoms with Crippen LogP contribution in [0.3, 0.4) is 0 Å². The van der Waals surface area contributed by atoms with Gasteiger partial charge in [0, 0.05) is 5.92 Å². The van der Waals surface area contributed by atoms with Crippen molar-refractivity contribution in [2.45, 2.75) is 51.1 Å². The maximum Gasteiger partial charge on any atom is 0.163 e. The van der Waals surface area contributed by atoms with Gasteiger partial charge in [-0.05, 0) is 25.8 Å². The summed E-state index contributed by atoms with van der Waals surface area (Å²) in [5.41, 5.74) is 1.11. The molecule has 0 aromatic heterocycles. The van der Waals surface area contributed by atoms with Crippen LogP contribution in [0.4, 0.5) is 0 Å². The Morgan fingerprint density at radius 1 is 1.33 bits per heavy atom. The van der Waals surface area contributed by atoms with Crippen molar-refractivity contribution in [1.82, 2.24) is 0 Å². The van der Waals surface area contributed by atoms with Crippen molar-refractivity contribution in [3.05, 3.63) is 35.9 Å².